The average molecular weight is 421 g/mol. The van der Waals surface area contributed by atoms with E-state index in [0.29, 0.717) is 35.6 Å². The summed E-state index contributed by atoms with van der Waals surface area (Å²) >= 11 is 0. The van der Waals surface area contributed by atoms with Crippen LogP contribution >= 0.6 is 0 Å². The Hall–Kier alpha value is -3.42. The van der Waals surface area contributed by atoms with Crippen molar-refractivity contribution in [2.45, 2.75) is 31.7 Å². The molecule has 5 rings (SSSR count). The first kappa shape index (κ1) is 19.5. The third-order valence-electron chi connectivity index (χ3n) is 5.92. The van der Waals surface area contributed by atoms with Gasteiger partial charge in [-0.1, -0.05) is 19.1 Å². The molecule has 2 aliphatic rings. The van der Waals surface area contributed by atoms with E-state index in [1.54, 1.807) is 12.1 Å². The van der Waals surface area contributed by atoms with Gasteiger partial charge in [0, 0.05) is 35.8 Å². The molecule has 2 unspecified atom stereocenters. The number of aromatic nitrogens is 3. The Morgan fingerprint density at radius 2 is 1.97 bits per heavy atom. The van der Waals surface area contributed by atoms with Crippen molar-refractivity contribution in [3.63, 3.8) is 0 Å². The molecule has 1 N–H and O–H groups in total. The van der Waals surface area contributed by atoms with Gasteiger partial charge in [0.05, 0.1) is 11.6 Å². The summed E-state index contributed by atoms with van der Waals surface area (Å²) in [5, 5.41) is 7.70. The van der Waals surface area contributed by atoms with Crippen LogP contribution in [-0.2, 0) is 6.54 Å². The highest BCUT2D eigenvalue weighted by Crippen LogP contribution is 2.42. The molecule has 0 saturated heterocycles. The van der Waals surface area contributed by atoms with Crippen LogP contribution in [0.1, 0.15) is 52.5 Å². The Kier molecular flexibility index (Phi) is 4.84. The molecule has 0 amide bonds. The first-order chi connectivity index (χ1) is 15.1. The van der Waals surface area contributed by atoms with E-state index in [0.717, 1.165) is 17.8 Å². The summed E-state index contributed by atoms with van der Waals surface area (Å²) in [5.74, 6) is -0.767. The molecular weight excluding hydrogens is 400 g/mol. The second kappa shape index (κ2) is 7.68. The fourth-order valence-corrected chi connectivity index (χ4v) is 4.57. The summed E-state index contributed by atoms with van der Waals surface area (Å²) in [7, 11) is 0. The Balaban J connectivity index is 1.74. The first-order valence-electron chi connectivity index (χ1n) is 10.3. The number of anilines is 1. The van der Waals surface area contributed by atoms with E-state index in [1.807, 2.05) is 4.68 Å². The van der Waals surface area contributed by atoms with Gasteiger partial charge in [0.2, 0.25) is 0 Å². The lowest BCUT2D eigenvalue weighted by molar-refractivity contribution is 0.0999. The number of rotatable bonds is 4. The van der Waals surface area contributed by atoms with E-state index in [2.05, 4.69) is 27.3 Å². The van der Waals surface area contributed by atoms with Crippen molar-refractivity contribution < 1.29 is 13.6 Å². The zero-order valence-electron chi connectivity index (χ0n) is 17.0. The quantitative estimate of drug-likeness (QED) is 0.693. The van der Waals surface area contributed by atoms with E-state index in [4.69, 9.17) is 0 Å². The van der Waals surface area contributed by atoms with E-state index in [1.165, 1.54) is 30.6 Å². The van der Waals surface area contributed by atoms with Crippen molar-refractivity contribution in [2.75, 3.05) is 18.4 Å². The summed E-state index contributed by atoms with van der Waals surface area (Å²) in [6.07, 6.45) is 2.40. The number of hydrogen-bond donors (Lipinski definition) is 1. The molecule has 3 heterocycles. The smallest absolute Gasteiger partial charge is 0.185 e. The third kappa shape index (κ3) is 3.32. The van der Waals surface area contributed by atoms with Crippen molar-refractivity contribution in [1.29, 1.82) is 0 Å². The number of carbonyl (C=O) groups excluding carboxylic acids is 1. The van der Waals surface area contributed by atoms with Gasteiger partial charge in [-0.15, -0.1) is 0 Å². The molecule has 1 aromatic heterocycles. The molecule has 6 nitrogen and oxygen atoms in total. The van der Waals surface area contributed by atoms with Gasteiger partial charge in [0.25, 0.3) is 0 Å². The zero-order chi connectivity index (χ0) is 21.5. The highest BCUT2D eigenvalue weighted by atomic mass is 19.1. The van der Waals surface area contributed by atoms with Crippen LogP contribution in [0.15, 0.2) is 47.7 Å². The number of nitrogens with zero attached hydrogens (tertiary/aromatic N) is 4. The molecule has 0 spiro atoms. The van der Waals surface area contributed by atoms with Gasteiger partial charge in [-0.2, -0.15) is 5.10 Å². The van der Waals surface area contributed by atoms with Gasteiger partial charge >= 0.3 is 0 Å². The number of nitrogens with one attached hydrogen (secondary N) is 1. The van der Waals surface area contributed by atoms with E-state index < -0.39 is 5.82 Å². The molecule has 2 aromatic carbocycles. The van der Waals surface area contributed by atoms with Crippen LogP contribution in [0.3, 0.4) is 0 Å². The second-order valence-corrected chi connectivity index (χ2v) is 7.86. The van der Waals surface area contributed by atoms with Crippen molar-refractivity contribution in [1.82, 2.24) is 14.8 Å². The lowest BCUT2D eigenvalue weighted by Gasteiger charge is -2.28. The summed E-state index contributed by atoms with van der Waals surface area (Å²) in [5.41, 5.74) is 3.09. The monoisotopic (exact) mass is 421 g/mol. The molecule has 0 aliphatic carbocycles. The minimum atomic E-state index is -0.471. The van der Waals surface area contributed by atoms with Crippen molar-refractivity contribution in [3.8, 4) is 0 Å². The van der Waals surface area contributed by atoms with Crippen molar-refractivity contribution in [3.05, 3.63) is 76.9 Å². The van der Waals surface area contributed by atoms with Crippen LogP contribution in [0.5, 0.6) is 0 Å². The number of benzene rings is 2. The highest BCUT2D eigenvalue weighted by molar-refractivity contribution is 6.20. The fourth-order valence-electron chi connectivity index (χ4n) is 4.57. The number of aryl methyl sites for hydroxylation is 1. The summed E-state index contributed by atoms with van der Waals surface area (Å²) in [6, 6.07) is 9.04. The SMILES string of the molecule is CCCn1ncnc1C1C2=NCC(=O)c3cc(F)cc(c32)NCC1c1ccc(F)cc1. The lowest BCUT2D eigenvalue weighted by Crippen LogP contribution is -2.30. The first-order valence-corrected chi connectivity index (χ1v) is 10.3. The van der Waals surface area contributed by atoms with Crippen LogP contribution in [0, 0.1) is 11.6 Å². The molecule has 3 aromatic rings. The van der Waals surface area contributed by atoms with Crippen LogP contribution in [-0.4, -0.2) is 39.3 Å². The number of aliphatic imine (C=N–C) groups is 1. The van der Waals surface area contributed by atoms with Crippen LogP contribution < -0.4 is 5.32 Å². The number of Topliss-reactive ketones (excluding diaryl/α,β-unsaturated/α-hetero) is 1. The maximum Gasteiger partial charge on any atom is 0.185 e. The normalized spacial score (nSPS) is 20.0. The molecule has 0 fully saturated rings. The predicted octanol–water partition coefficient (Wildman–Crippen LogP) is 3.94. The number of halogens is 2. The summed E-state index contributed by atoms with van der Waals surface area (Å²) in [4.78, 5) is 21.8. The fraction of sp³-hybridized carbons (Fsp3) is 0.304. The van der Waals surface area contributed by atoms with Crippen molar-refractivity contribution in [2.24, 2.45) is 4.99 Å². The van der Waals surface area contributed by atoms with Gasteiger partial charge in [0.1, 0.15) is 30.3 Å². The molecule has 2 atom stereocenters. The van der Waals surface area contributed by atoms with Gasteiger partial charge in [0.15, 0.2) is 5.78 Å². The average Bonchev–Trinajstić information content (AvgIpc) is 3.14. The Bertz CT molecular complexity index is 1190. The van der Waals surface area contributed by atoms with Gasteiger partial charge < -0.3 is 5.32 Å². The Morgan fingerprint density at radius 3 is 2.74 bits per heavy atom. The molecule has 0 radical (unpaired) electrons. The number of ketones is 1. The molecule has 8 heteroatoms. The molecule has 158 valence electrons. The second-order valence-electron chi connectivity index (χ2n) is 7.86. The largest absolute Gasteiger partial charge is 0.384 e. The van der Waals surface area contributed by atoms with Gasteiger partial charge in [-0.25, -0.2) is 18.4 Å². The summed E-state index contributed by atoms with van der Waals surface area (Å²) in [6.45, 7) is 3.15. The molecule has 0 saturated carbocycles. The highest BCUT2D eigenvalue weighted by Gasteiger charge is 2.40. The van der Waals surface area contributed by atoms with E-state index >= 15 is 0 Å². The maximum atomic E-state index is 14.3. The minimum absolute atomic E-state index is 0.0419. The maximum absolute atomic E-state index is 14.3. The zero-order valence-corrected chi connectivity index (χ0v) is 17.0. The van der Waals surface area contributed by atoms with Gasteiger partial charge in [-0.3, -0.25) is 9.79 Å². The molecule has 31 heavy (non-hydrogen) atoms. The number of hydrogen-bond acceptors (Lipinski definition) is 5. The topological polar surface area (TPSA) is 72.2 Å². The van der Waals surface area contributed by atoms with Gasteiger partial charge in [-0.05, 0) is 36.2 Å². The van der Waals surface area contributed by atoms with Crippen LogP contribution in [0.4, 0.5) is 14.5 Å². The Labute approximate surface area is 178 Å². The molecule has 2 aliphatic heterocycles. The van der Waals surface area contributed by atoms with E-state index in [-0.39, 0.29) is 30.0 Å². The standard InChI is InChI=1S/C23H21F2N5O/c1-2-7-30-23(28-12-29-30)21-17(13-3-5-14(24)6-4-13)10-26-18-9-15(25)8-16-19(31)11-27-22(21)20(16)18/h3-6,8-9,12,17,21,26H,2,7,10-11H2,1H3. The van der Waals surface area contributed by atoms with Crippen LogP contribution in [0.2, 0.25) is 0 Å². The molecule has 0 bridgehead atoms. The van der Waals surface area contributed by atoms with E-state index in [9.17, 15) is 13.6 Å². The summed E-state index contributed by atoms with van der Waals surface area (Å²) < 4.78 is 29.8. The van der Waals surface area contributed by atoms with Crippen molar-refractivity contribution >= 4 is 17.2 Å². The number of carbonyl (C=O) groups is 1. The molecular formula is C23H21F2N5O. The lowest BCUT2D eigenvalue weighted by atomic mass is 9.78. The Morgan fingerprint density at radius 1 is 1.16 bits per heavy atom. The van der Waals surface area contributed by atoms with Crippen LogP contribution in [0.25, 0.3) is 0 Å². The minimum Gasteiger partial charge on any atom is -0.384 e. The predicted molar refractivity (Wildman–Crippen MR) is 113 cm³/mol. The third-order valence-corrected chi connectivity index (χ3v) is 5.92.